The predicted octanol–water partition coefficient (Wildman–Crippen LogP) is 1.03. The number of aromatic amines is 1. The molecule has 0 saturated heterocycles. The summed E-state index contributed by atoms with van der Waals surface area (Å²) in [5, 5.41) is 10.8. The summed E-state index contributed by atoms with van der Waals surface area (Å²) >= 11 is 0. The Labute approximate surface area is 105 Å². The number of hydrogen-bond donors (Lipinski definition) is 3. The van der Waals surface area contributed by atoms with E-state index >= 15 is 0 Å². The van der Waals surface area contributed by atoms with Gasteiger partial charge in [-0.15, -0.1) is 0 Å². The highest BCUT2D eigenvalue weighted by molar-refractivity contribution is 6.04. The molecule has 5 nitrogen and oxygen atoms in total. The van der Waals surface area contributed by atoms with Crippen LogP contribution in [0.25, 0.3) is 10.9 Å². The van der Waals surface area contributed by atoms with E-state index in [-0.39, 0.29) is 11.9 Å². The van der Waals surface area contributed by atoms with Crippen LogP contribution in [0.4, 0.5) is 0 Å². The summed E-state index contributed by atoms with van der Waals surface area (Å²) in [6.45, 7) is 0.485. The number of aromatic nitrogens is 2. The minimum atomic E-state index is -0.144. The Morgan fingerprint density at radius 1 is 1.50 bits per heavy atom. The van der Waals surface area contributed by atoms with Crippen LogP contribution in [0.3, 0.4) is 0 Å². The van der Waals surface area contributed by atoms with Gasteiger partial charge in [-0.3, -0.25) is 9.89 Å². The van der Waals surface area contributed by atoms with E-state index in [4.69, 9.17) is 5.73 Å². The largest absolute Gasteiger partial charge is 0.346 e. The molecular formula is C13H16N4O. The highest BCUT2D eigenvalue weighted by atomic mass is 16.2. The first-order valence-corrected chi connectivity index (χ1v) is 6.23. The zero-order chi connectivity index (χ0) is 12.5. The second-order valence-corrected chi connectivity index (χ2v) is 4.77. The summed E-state index contributed by atoms with van der Waals surface area (Å²) in [5.74, 6) is 0.402. The maximum absolute atomic E-state index is 12.2. The topological polar surface area (TPSA) is 83.8 Å². The van der Waals surface area contributed by atoms with Crippen molar-refractivity contribution >= 4 is 16.8 Å². The van der Waals surface area contributed by atoms with Gasteiger partial charge in [0.25, 0.3) is 5.91 Å². The third-order valence-corrected chi connectivity index (χ3v) is 3.45. The van der Waals surface area contributed by atoms with Crippen molar-refractivity contribution < 1.29 is 4.79 Å². The van der Waals surface area contributed by atoms with Crippen molar-refractivity contribution in [2.45, 2.75) is 18.9 Å². The van der Waals surface area contributed by atoms with Crippen LogP contribution in [0.5, 0.6) is 0 Å². The number of carbonyl (C=O) groups excluding carboxylic acids is 1. The van der Waals surface area contributed by atoms with E-state index in [1.165, 1.54) is 0 Å². The van der Waals surface area contributed by atoms with Crippen molar-refractivity contribution in [2.24, 2.45) is 11.7 Å². The molecule has 0 aliphatic heterocycles. The SMILES string of the molecule is NCC(NC(=O)c1n[nH]c2ccccc12)C1CC1. The van der Waals surface area contributed by atoms with Gasteiger partial charge < -0.3 is 11.1 Å². The molecule has 18 heavy (non-hydrogen) atoms. The van der Waals surface area contributed by atoms with Gasteiger partial charge in [-0.25, -0.2) is 0 Å². The quantitative estimate of drug-likeness (QED) is 0.751. The molecule has 0 spiro atoms. The molecule has 1 heterocycles. The fourth-order valence-electron chi connectivity index (χ4n) is 2.24. The molecule has 0 radical (unpaired) electrons. The Bertz CT molecular complexity index is 573. The standard InChI is InChI=1S/C13H16N4O/c14-7-11(8-5-6-8)15-13(18)12-9-3-1-2-4-10(9)16-17-12/h1-4,8,11H,5-7,14H2,(H,15,18)(H,16,17). The van der Waals surface area contributed by atoms with Crippen molar-refractivity contribution in [3.8, 4) is 0 Å². The number of amides is 1. The van der Waals surface area contributed by atoms with Crippen molar-refractivity contribution in [2.75, 3.05) is 6.54 Å². The fourth-order valence-corrected chi connectivity index (χ4v) is 2.24. The average Bonchev–Trinajstić information content (AvgIpc) is 3.14. The molecule has 1 aliphatic carbocycles. The zero-order valence-corrected chi connectivity index (χ0v) is 10.0. The van der Waals surface area contributed by atoms with Crippen molar-refractivity contribution in [3.05, 3.63) is 30.0 Å². The van der Waals surface area contributed by atoms with Gasteiger partial charge in [-0.2, -0.15) is 5.10 Å². The van der Waals surface area contributed by atoms with Gasteiger partial charge in [0.05, 0.1) is 5.52 Å². The Balaban J connectivity index is 1.83. The zero-order valence-electron chi connectivity index (χ0n) is 10.0. The molecule has 0 bridgehead atoms. The Morgan fingerprint density at radius 2 is 2.28 bits per heavy atom. The third-order valence-electron chi connectivity index (χ3n) is 3.45. The van der Waals surface area contributed by atoms with E-state index in [1.54, 1.807) is 0 Å². The summed E-state index contributed by atoms with van der Waals surface area (Å²) < 4.78 is 0. The number of para-hydroxylation sites is 1. The third kappa shape index (κ3) is 1.97. The lowest BCUT2D eigenvalue weighted by atomic mass is 10.1. The normalized spacial score (nSPS) is 16.7. The first kappa shape index (κ1) is 11.2. The van der Waals surface area contributed by atoms with Gasteiger partial charge in [-0.05, 0) is 24.8 Å². The smallest absolute Gasteiger partial charge is 0.272 e. The molecule has 3 rings (SSSR count). The molecule has 5 heteroatoms. The average molecular weight is 244 g/mol. The fraction of sp³-hybridized carbons (Fsp3) is 0.385. The molecule has 1 aromatic heterocycles. The van der Waals surface area contributed by atoms with Crippen LogP contribution >= 0.6 is 0 Å². The summed E-state index contributed by atoms with van der Waals surface area (Å²) in [5.41, 5.74) is 7.01. The molecule has 1 aliphatic rings. The Kier molecular flexibility index (Phi) is 2.76. The minimum absolute atomic E-state index is 0.0768. The van der Waals surface area contributed by atoms with E-state index in [1.807, 2.05) is 24.3 Å². The molecule has 1 unspecified atom stereocenters. The van der Waals surface area contributed by atoms with Crippen LogP contribution in [0.1, 0.15) is 23.3 Å². The molecule has 1 saturated carbocycles. The second-order valence-electron chi connectivity index (χ2n) is 4.77. The van der Waals surface area contributed by atoms with Crippen LogP contribution in [-0.2, 0) is 0 Å². The maximum Gasteiger partial charge on any atom is 0.272 e. The summed E-state index contributed by atoms with van der Waals surface area (Å²) in [7, 11) is 0. The second kappa shape index (κ2) is 4.42. The van der Waals surface area contributed by atoms with Crippen LogP contribution in [0.15, 0.2) is 24.3 Å². The summed E-state index contributed by atoms with van der Waals surface area (Å²) in [4.78, 5) is 12.2. The summed E-state index contributed by atoms with van der Waals surface area (Å²) in [6, 6.07) is 7.68. The van der Waals surface area contributed by atoms with Gasteiger partial charge in [0, 0.05) is 18.0 Å². The Hall–Kier alpha value is -1.88. The van der Waals surface area contributed by atoms with Gasteiger partial charge in [-0.1, -0.05) is 18.2 Å². The molecule has 1 aromatic carbocycles. The number of fused-ring (bicyclic) bond motifs is 1. The van der Waals surface area contributed by atoms with Crippen molar-refractivity contribution in [1.29, 1.82) is 0 Å². The van der Waals surface area contributed by atoms with Crippen LogP contribution in [-0.4, -0.2) is 28.7 Å². The highest BCUT2D eigenvalue weighted by Crippen LogP contribution is 2.32. The maximum atomic E-state index is 12.2. The van der Waals surface area contributed by atoms with Gasteiger partial charge in [0.15, 0.2) is 5.69 Å². The first-order valence-electron chi connectivity index (χ1n) is 6.23. The molecule has 2 aromatic rings. The number of benzene rings is 1. The molecule has 1 amide bonds. The van der Waals surface area contributed by atoms with E-state index in [0.29, 0.717) is 18.2 Å². The number of carbonyl (C=O) groups is 1. The minimum Gasteiger partial charge on any atom is -0.346 e. The van der Waals surface area contributed by atoms with E-state index < -0.39 is 0 Å². The molecular weight excluding hydrogens is 228 g/mol. The van der Waals surface area contributed by atoms with Crippen LogP contribution in [0.2, 0.25) is 0 Å². The van der Waals surface area contributed by atoms with E-state index in [0.717, 1.165) is 23.7 Å². The highest BCUT2D eigenvalue weighted by Gasteiger charge is 2.32. The van der Waals surface area contributed by atoms with E-state index in [2.05, 4.69) is 15.5 Å². The number of nitrogens with one attached hydrogen (secondary N) is 2. The number of nitrogens with zero attached hydrogens (tertiary/aromatic N) is 1. The lowest BCUT2D eigenvalue weighted by Gasteiger charge is -2.14. The molecule has 1 atom stereocenters. The first-order chi connectivity index (χ1) is 8.79. The monoisotopic (exact) mass is 244 g/mol. The van der Waals surface area contributed by atoms with Gasteiger partial charge in [0.2, 0.25) is 0 Å². The van der Waals surface area contributed by atoms with Gasteiger partial charge >= 0.3 is 0 Å². The summed E-state index contributed by atoms with van der Waals surface area (Å²) in [6.07, 6.45) is 2.31. The Morgan fingerprint density at radius 3 is 3.00 bits per heavy atom. The van der Waals surface area contributed by atoms with Crippen LogP contribution in [0, 0.1) is 5.92 Å². The molecule has 4 N–H and O–H groups in total. The number of H-pyrrole nitrogens is 1. The lowest BCUT2D eigenvalue weighted by molar-refractivity contribution is 0.0930. The number of nitrogens with two attached hydrogens (primary N) is 1. The molecule has 94 valence electrons. The van der Waals surface area contributed by atoms with Crippen molar-refractivity contribution in [3.63, 3.8) is 0 Å². The number of rotatable bonds is 4. The van der Waals surface area contributed by atoms with Gasteiger partial charge in [0.1, 0.15) is 0 Å². The van der Waals surface area contributed by atoms with E-state index in [9.17, 15) is 4.79 Å². The van der Waals surface area contributed by atoms with Crippen molar-refractivity contribution in [1.82, 2.24) is 15.5 Å². The lowest BCUT2D eigenvalue weighted by Crippen LogP contribution is -2.41. The number of hydrogen-bond acceptors (Lipinski definition) is 3. The predicted molar refractivity (Wildman–Crippen MR) is 69.1 cm³/mol. The molecule has 1 fully saturated rings. The van der Waals surface area contributed by atoms with Crippen LogP contribution < -0.4 is 11.1 Å².